The van der Waals surface area contributed by atoms with Crippen LogP contribution in [0.3, 0.4) is 0 Å². The molecular formula is C7H12N4O2S2. The van der Waals surface area contributed by atoms with Gasteiger partial charge in [-0.15, -0.1) is 0 Å². The van der Waals surface area contributed by atoms with Gasteiger partial charge in [-0.1, -0.05) is 12.2 Å². The molecule has 4 N–H and O–H groups in total. The van der Waals surface area contributed by atoms with E-state index in [9.17, 15) is 8.42 Å². The van der Waals surface area contributed by atoms with Gasteiger partial charge in [0.05, 0.1) is 17.5 Å². The van der Waals surface area contributed by atoms with E-state index in [1.807, 2.05) is 0 Å². The third-order valence-electron chi connectivity index (χ3n) is 1.63. The molecule has 0 radical (unpaired) electrons. The van der Waals surface area contributed by atoms with Crippen LogP contribution in [0.2, 0.25) is 0 Å². The lowest BCUT2D eigenvalue weighted by atomic mass is 10.3. The lowest BCUT2D eigenvalue weighted by Crippen LogP contribution is -2.35. The van der Waals surface area contributed by atoms with E-state index in [-0.39, 0.29) is 16.1 Å². The smallest absolute Gasteiger partial charge is 0.257 e. The molecule has 84 valence electrons. The molecule has 0 aliphatic rings. The molecule has 0 aliphatic carbocycles. The summed E-state index contributed by atoms with van der Waals surface area (Å²) in [7, 11) is -3.55. The van der Waals surface area contributed by atoms with Gasteiger partial charge in [-0.05, 0) is 6.92 Å². The minimum Gasteiger partial charge on any atom is -0.393 e. The molecule has 8 heteroatoms. The summed E-state index contributed by atoms with van der Waals surface area (Å²) in [6, 6.07) is -0.337. The summed E-state index contributed by atoms with van der Waals surface area (Å²) < 4.78 is 25.7. The van der Waals surface area contributed by atoms with E-state index < -0.39 is 10.0 Å². The van der Waals surface area contributed by atoms with E-state index in [0.717, 1.165) is 0 Å². The molecule has 1 atom stereocenters. The maximum Gasteiger partial charge on any atom is 0.257 e. The van der Waals surface area contributed by atoms with Crippen LogP contribution in [0.25, 0.3) is 0 Å². The zero-order valence-electron chi connectivity index (χ0n) is 8.10. The van der Waals surface area contributed by atoms with Crippen LogP contribution in [0, 0.1) is 0 Å². The molecule has 0 aromatic carbocycles. The predicted octanol–water partition coefficient (Wildman–Crippen LogP) is -0.247. The van der Waals surface area contributed by atoms with Gasteiger partial charge in [0.2, 0.25) is 0 Å². The van der Waals surface area contributed by atoms with Gasteiger partial charge in [0.15, 0.2) is 5.03 Å². The van der Waals surface area contributed by atoms with Gasteiger partial charge in [-0.3, -0.25) is 0 Å². The SMILES string of the molecule is CC(CC(N)=S)NS(=O)(=O)c1cnc[nH]1. The minimum absolute atomic E-state index is 0.0253. The van der Waals surface area contributed by atoms with E-state index in [1.165, 1.54) is 12.5 Å². The van der Waals surface area contributed by atoms with Crippen LogP contribution >= 0.6 is 12.2 Å². The molecule has 1 rings (SSSR count). The van der Waals surface area contributed by atoms with Crippen molar-refractivity contribution < 1.29 is 8.42 Å². The zero-order valence-corrected chi connectivity index (χ0v) is 9.73. The van der Waals surface area contributed by atoms with Crippen molar-refractivity contribution in [2.24, 2.45) is 5.73 Å². The fourth-order valence-electron chi connectivity index (χ4n) is 1.06. The highest BCUT2D eigenvalue weighted by atomic mass is 32.2. The number of sulfonamides is 1. The summed E-state index contributed by atoms with van der Waals surface area (Å²) >= 11 is 4.68. The number of nitrogens with one attached hydrogen (secondary N) is 2. The number of nitrogens with two attached hydrogens (primary N) is 1. The second kappa shape index (κ2) is 4.69. The molecule has 0 fully saturated rings. The Balaban J connectivity index is 2.69. The summed E-state index contributed by atoms with van der Waals surface area (Å²) in [5.74, 6) is 0. The number of H-pyrrole nitrogens is 1. The molecule has 0 spiro atoms. The second-order valence-corrected chi connectivity index (χ2v) is 5.32. The Labute approximate surface area is 93.3 Å². The van der Waals surface area contributed by atoms with Gasteiger partial charge in [0.25, 0.3) is 10.0 Å². The van der Waals surface area contributed by atoms with E-state index >= 15 is 0 Å². The Kier molecular flexibility index (Phi) is 3.77. The fourth-order valence-corrected chi connectivity index (χ4v) is 2.46. The van der Waals surface area contributed by atoms with Gasteiger partial charge < -0.3 is 10.7 Å². The largest absolute Gasteiger partial charge is 0.393 e. The highest BCUT2D eigenvalue weighted by Crippen LogP contribution is 2.04. The zero-order chi connectivity index (χ0) is 11.5. The van der Waals surface area contributed by atoms with Crippen molar-refractivity contribution >= 4 is 27.2 Å². The molecule has 1 heterocycles. The van der Waals surface area contributed by atoms with Crippen molar-refractivity contribution in [3.8, 4) is 0 Å². The molecule has 0 bridgehead atoms. The van der Waals surface area contributed by atoms with Crippen LogP contribution in [0.4, 0.5) is 0 Å². The Morgan fingerprint density at radius 3 is 2.93 bits per heavy atom. The second-order valence-electron chi connectivity index (χ2n) is 3.11. The first-order valence-corrected chi connectivity index (χ1v) is 6.10. The van der Waals surface area contributed by atoms with Crippen LogP contribution in [0.5, 0.6) is 0 Å². The summed E-state index contributed by atoms with van der Waals surface area (Å²) in [5, 5.41) is 0.0253. The highest BCUT2D eigenvalue weighted by molar-refractivity contribution is 7.89. The average molecular weight is 248 g/mol. The number of imidazole rings is 1. The van der Waals surface area contributed by atoms with Crippen LogP contribution in [0.1, 0.15) is 13.3 Å². The molecule has 1 aromatic heterocycles. The maximum absolute atomic E-state index is 11.6. The van der Waals surface area contributed by atoms with Gasteiger partial charge >= 0.3 is 0 Å². The van der Waals surface area contributed by atoms with Gasteiger partial charge in [-0.2, -0.15) is 0 Å². The first-order valence-electron chi connectivity index (χ1n) is 4.21. The fraction of sp³-hybridized carbons (Fsp3) is 0.429. The molecular weight excluding hydrogens is 236 g/mol. The molecule has 0 saturated heterocycles. The maximum atomic E-state index is 11.6. The first kappa shape index (κ1) is 12.1. The monoisotopic (exact) mass is 248 g/mol. The summed E-state index contributed by atoms with van der Waals surface area (Å²) in [4.78, 5) is 6.41. The van der Waals surface area contributed by atoms with Crippen LogP contribution < -0.4 is 10.5 Å². The van der Waals surface area contributed by atoms with Crippen molar-refractivity contribution in [1.82, 2.24) is 14.7 Å². The lowest BCUT2D eigenvalue weighted by molar-refractivity contribution is 0.562. The molecule has 0 amide bonds. The number of hydrogen-bond acceptors (Lipinski definition) is 4. The highest BCUT2D eigenvalue weighted by Gasteiger charge is 2.18. The Bertz CT molecular complexity index is 426. The van der Waals surface area contributed by atoms with E-state index in [4.69, 9.17) is 5.73 Å². The van der Waals surface area contributed by atoms with Crippen molar-refractivity contribution in [3.05, 3.63) is 12.5 Å². The van der Waals surface area contributed by atoms with Crippen LogP contribution in [-0.4, -0.2) is 29.4 Å². The summed E-state index contributed by atoms with van der Waals surface area (Å²) in [6.45, 7) is 1.69. The number of aromatic nitrogens is 2. The van der Waals surface area contributed by atoms with E-state index in [0.29, 0.717) is 6.42 Å². The number of nitrogens with zero attached hydrogens (tertiary/aromatic N) is 1. The van der Waals surface area contributed by atoms with E-state index in [2.05, 4.69) is 26.9 Å². The predicted molar refractivity (Wildman–Crippen MR) is 59.8 cm³/mol. The number of hydrogen-bond donors (Lipinski definition) is 3. The van der Waals surface area contributed by atoms with Crippen molar-refractivity contribution in [3.63, 3.8) is 0 Å². The van der Waals surface area contributed by atoms with Gasteiger partial charge in [0, 0.05) is 12.5 Å². The normalized spacial score (nSPS) is 13.7. The molecule has 1 aromatic rings. The topological polar surface area (TPSA) is 101 Å². The molecule has 0 saturated carbocycles. The average Bonchev–Trinajstić information content (AvgIpc) is 2.51. The minimum atomic E-state index is -3.55. The third kappa shape index (κ3) is 3.57. The van der Waals surface area contributed by atoms with Crippen LogP contribution in [0.15, 0.2) is 17.6 Å². The van der Waals surface area contributed by atoms with Gasteiger partial charge in [-0.25, -0.2) is 18.1 Å². The van der Waals surface area contributed by atoms with Crippen molar-refractivity contribution in [2.75, 3.05) is 0 Å². The standard InChI is InChI=1S/C7H12N4O2S2/c1-5(2-6(8)14)11-15(12,13)7-3-9-4-10-7/h3-5,11H,2H2,1H3,(H2,8,14)(H,9,10). The summed E-state index contributed by atoms with van der Waals surface area (Å²) in [6.07, 6.45) is 2.85. The molecule has 1 unspecified atom stereocenters. The summed E-state index contributed by atoms with van der Waals surface area (Å²) in [5.41, 5.74) is 5.31. The van der Waals surface area contributed by atoms with Crippen molar-refractivity contribution in [1.29, 1.82) is 0 Å². The number of rotatable bonds is 5. The van der Waals surface area contributed by atoms with Gasteiger partial charge in [0.1, 0.15) is 0 Å². The Hall–Kier alpha value is -0.990. The molecule has 6 nitrogen and oxygen atoms in total. The number of thiocarbonyl (C=S) groups is 1. The third-order valence-corrected chi connectivity index (χ3v) is 3.31. The lowest BCUT2D eigenvalue weighted by Gasteiger charge is -2.11. The Morgan fingerprint density at radius 2 is 2.47 bits per heavy atom. The first-order chi connectivity index (χ1) is 6.92. The molecule has 15 heavy (non-hydrogen) atoms. The molecule has 0 aliphatic heterocycles. The van der Waals surface area contributed by atoms with Crippen molar-refractivity contribution in [2.45, 2.75) is 24.4 Å². The number of aromatic amines is 1. The van der Waals surface area contributed by atoms with Crippen LogP contribution in [-0.2, 0) is 10.0 Å². The Morgan fingerprint density at radius 1 is 1.80 bits per heavy atom. The quantitative estimate of drug-likeness (QED) is 0.624. The van der Waals surface area contributed by atoms with E-state index in [1.54, 1.807) is 6.92 Å².